The number of rotatable bonds is 2. The molecule has 1 aromatic rings. The van der Waals surface area contributed by atoms with Gasteiger partial charge in [0.1, 0.15) is 5.69 Å². The molecule has 0 saturated heterocycles. The molecule has 4 nitrogen and oxygen atoms in total. The zero-order chi connectivity index (χ0) is 9.14. The van der Waals surface area contributed by atoms with Crippen LogP contribution < -0.4 is 5.32 Å². The molecule has 0 bridgehead atoms. The number of nitrogens with one attached hydrogen (secondary N) is 2. The number of carbonyl (C=O) groups excluding carboxylic acids is 2. The Hall–Kier alpha value is -1.58. The summed E-state index contributed by atoms with van der Waals surface area (Å²) < 4.78 is 0. The second kappa shape index (κ2) is 3.21. The van der Waals surface area contributed by atoms with Crippen molar-refractivity contribution in [2.45, 2.75) is 6.92 Å². The third-order valence-electron chi connectivity index (χ3n) is 1.54. The van der Waals surface area contributed by atoms with Crippen LogP contribution in [0.3, 0.4) is 0 Å². The van der Waals surface area contributed by atoms with E-state index < -0.39 is 0 Å². The maximum Gasteiger partial charge on any atom is 0.267 e. The summed E-state index contributed by atoms with van der Waals surface area (Å²) in [5, 5.41) is 2.45. The zero-order valence-corrected chi connectivity index (χ0v) is 6.97. The van der Waals surface area contributed by atoms with Crippen LogP contribution in [0.2, 0.25) is 0 Å². The molecule has 1 aromatic heterocycles. The maximum atomic E-state index is 11.0. The highest BCUT2D eigenvalue weighted by Crippen LogP contribution is 2.01. The molecule has 4 heteroatoms. The molecule has 0 radical (unpaired) electrons. The lowest BCUT2D eigenvalue weighted by atomic mass is 10.3. The van der Waals surface area contributed by atoms with Crippen molar-refractivity contribution in [3.63, 3.8) is 0 Å². The van der Waals surface area contributed by atoms with Crippen LogP contribution >= 0.6 is 0 Å². The summed E-state index contributed by atoms with van der Waals surface area (Å²) in [6, 6.07) is 3.17. The molecule has 0 unspecified atom stereocenters. The van der Waals surface area contributed by atoms with Gasteiger partial charge in [-0.1, -0.05) is 0 Å². The number of carbonyl (C=O) groups is 2. The highest BCUT2D eigenvalue weighted by Gasteiger charge is 2.07. The lowest BCUT2D eigenvalue weighted by Crippen LogP contribution is -2.18. The number of aromatic nitrogens is 1. The van der Waals surface area contributed by atoms with Gasteiger partial charge in [0.15, 0.2) is 5.78 Å². The minimum Gasteiger partial charge on any atom is -0.354 e. The minimum atomic E-state index is -0.220. The smallest absolute Gasteiger partial charge is 0.267 e. The third kappa shape index (κ3) is 1.53. The summed E-state index contributed by atoms with van der Waals surface area (Å²) in [5.41, 5.74) is 0.858. The van der Waals surface area contributed by atoms with Gasteiger partial charge in [0.05, 0.1) is 5.69 Å². The van der Waals surface area contributed by atoms with E-state index in [0.717, 1.165) is 0 Å². The summed E-state index contributed by atoms with van der Waals surface area (Å²) in [4.78, 5) is 24.5. The predicted octanol–water partition coefficient (Wildman–Crippen LogP) is 0.577. The van der Waals surface area contributed by atoms with E-state index in [1.54, 1.807) is 12.1 Å². The van der Waals surface area contributed by atoms with Crippen LogP contribution in [0.25, 0.3) is 0 Å². The van der Waals surface area contributed by atoms with Crippen molar-refractivity contribution in [3.05, 3.63) is 23.5 Å². The number of H-pyrrole nitrogens is 1. The topological polar surface area (TPSA) is 62.0 Å². The van der Waals surface area contributed by atoms with E-state index in [1.807, 2.05) is 0 Å². The first kappa shape index (κ1) is 8.52. The molecule has 64 valence electrons. The average molecular weight is 166 g/mol. The quantitative estimate of drug-likeness (QED) is 0.631. The first-order valence-electron chi connectivity index (χ1n) is 3.57. The van der Waals surface area contributed by atoms with Crippen molar-refractivity contribution in [2.75, 3.05) is 7.05 Å². The first-order chi connectivity index (χ1) is 5.65. The van der Waals surface area contributed by atoms with E-state index in [2.05, 4.69) is 10.3 Å². The Morgan fingerprint density at radius 1 is 1.33 bits per heavy atom. The normalized spacial score (nSPS) is 9.50. The van der Waals surface area contributed by atoms with E-state index in [-0.39, 0.29) is 11.7 Å². The molecule has 1 rings (SSSR count). The molecule has 0 fully saturated rings. The molecule has 0 aliphatic rings. The van der Waals surface area contributed by atoms with Crippen LogP contribution in [-0.4, -0.2) is 23.7 Å². The van der Waals surface area contributed by atoms with Gasteiger partial charge in [0.2, 0.25) is 0 Å². The Bertz CT molecular complexity index is 315. The molecule has 0 aliphatic heterocycles. The third-order valence-corrected chi connectivity index (χ3v) is 1.54. The van der Waals surface area contributed by atoms with Crippen molar-refractivity contribution in [1.29, 1.82) is 0 Å². The molecule has 1 heterocycles. The molecular weight excluding hydrogens is 156 g/mol. The molecular formula is C8H10N2O2. The van der Waals surface area contributed by atoms with Crippen LogP contribution in [-0.2, 0) is 0 Å². The molecule has 2 N–H and O–H groups in total. The van der Waals surface area contributed by atoms with Crippen LogP contribution in [0.15, 0.2) is 12.1 Å². The largest absolute Gasteiger partial charge is 0.354 e. The van der Waals surface area contributed by atoms with E-state index in [0.29, 0.717) is 11.4 Å². The predicted molar refractivity (Wildman–Crippen MR) is 44.2 cm³/mol. The fourth-order valence-corrected chi connectivity index (χ4v) is 0.868. The molecule has 0 atom stereocenters. The molecule has 0 saturated carbocycles. The molecule has 12 heavy (non-hydrogen) atoms. The summed E-state index contributed by atoms with van der Waals surface area (Å²) in [5.74, 6) is -0.298. The molecule has 0 aromatic carbocycles. The number of ketones is 1. The number of Topliss-reactive ketones (excluding diaryl/α,β-unsaturated/α-hetero) is 1. The Morgan fingerprint density at radius 3 is 2.33 bits per heavy atom. The SMILES string of the molecule is CNC(=O)c1ccc(C(C)=O)[nH]1. The second-order valence-corrected chi connectivity index (χ2v) is 2.42. The van der Waals surface area contributed by atoms with Crippen LogP contribution in [0.1, 0.15) is 27.9 Å². The van der Waals surface area contributed by atoms with Gasteiger partial charge >= 0.3 is 0 Å². The van der Waals surface area contributed by atoms with Crippen LogP contribution in [0, 0.1) is 0 Å². The number of aromatic amines is 1. The molecule has 1 amide bonds. The van der Waals surface area contributed by atoms with Crippen molar-refractivity contribution in [3.8, 4) is 0 Å². The number of hydrogen-bond donors (Lipinski definition) is 2. The van der Waals surface area contributed by atoms with Crippen molar-refractivity contribution >= 4 is 11.7 Å². The Kier molecular flexibility index (Phi) is 2.28. The summed E-state index contributed by atoms with van der Waals surface area (Å²) in [6.45, 7) is 1.44. The molecule has 0 spiro atoms. The van der Waals surface area contributed by atoms with Crippen LogP contribution in [0.5, 0.6) is 0 Å². The minimum absolute atomic E-state index is 0.0786. The van der Waals surface area contributed by atoms with Gasteiger partial charge in [0.25, 0.3) is 5.91 Å². The van der Waals surface area contributed by atoms with E-state index >= 15 is 0 Å². The monoisotopic (exact) mass is 166 g/mol. The van der Waals surface area contributed by atoms with E-state index in [1.165, 1.54) is 14.0 Å². The van der Waals surface area contributed by atoms with Gasteiger partial charge in [0, 0.05) is 14.0 Å². The summed E-state index contributed by atoms with van der Waals surface area (Å²) in [6.07, 6.45) is 0. The van der Waals surface area contributed by atoms with Gasteiger partial charge < -0.3 is 10.3 Å². The van der Waals surface area contributed by atoms with Crippen molar-refractivity contribution < 1.29 is 9.59 Å². The Balaban J connectivity index is 2.91. The Morgan fingerprint density at radius 2 is 1.92 bits per heavy atom. The lowest BCUT2D eigenvalue weighted by Gasteiger charge is -1.93. The fraction of sp³-hybridized carbons (Fsp3) is 0.250. The number of hydrogen-bond acceptors (Lipinski definition) is 2. The highest BCUT2D eigenvalue weighted by molar-refractivity contribution is 5.97. The van der Waals surface area contributed by atoms with Crippen molar-refractivity contribution in [2.24, 2.45) is 0 Å². The van der Waals surface area contributed by atoms with Gasteiger partial charge in [-0.15, -0.1) is 0 Å². The summed E-state index contributed by atoms with van der Waals surface area (Å²) in [7, 11) is 1.54. The average Bonchev–Trinajstić information content (AvgIpc) is 2.51. The maximum absolute atomic E-state index is 11.0. The Labute approximate surface area is 70.0 Å². The fourth-order valence-electron chi connectivity index (χ4n) is 0.868. The van der Waals surface area contributed by atoms with Crippen molar-refractivity contribution in [1.82, 2.24) is 10.3 Å². The molecule has 0 aliphatic carbocycles. The lowest BCUT2D eigenvalue weighted by molar-refractivity contribution is 0.0958. The van der Waals surface area contributed by atoms with Gasteiger partial charge in [-0.25, -0.2) is 0 Å². The highest BCUT2D eigenvalue weighted by atomic mass is 16.2. The van der Waals surface area contributed by atoms with Gasteiger partial charge in [-0.2, -0.15) is 0 Å². The van der Waals surface area contributed by atoms with Crippen LogP contribution in [0.4, 0.5) is 0 Å². The summed E-state index contributed by atoms with van der Waals surface area (Å²) >= 11 is 0. The second-order valence-electron chi connectivity index (χ2n) is 2.42. The number of amides is 1. The first-order valence-corrected chi connectivity index (χ1v) is 3.57. The van der Waals surface area contributed by atoms with Gasteiger partial charge in [-0.05, 0) is 12.1 Å². The van der Waals surface area contributed by atoms with Gasteiger partial charge in [-0.3, -0.25) is 9.59 Å². The zero-order valence-electron chi connectivity index (χ0n) is 6.97. The van der Waals surface area contributed by atoms with E-state index in [4.69, 9.17) is 0 Å². The standard InChI is InChI=1S/C8H10N2O2/c1-5(11)6-3-4-7(10-6)8(12)9-2/h3-4,10H,1-2H3,(H,9,12). The van der Waals surface area contributed by atoms with E-state index in [9.17, 15) is 9.59 Å².